The first-order valence-corrected chi connectivity index (χ1v) is 6.61. The Balaban J connectivity index is 2.01. The van der Waals surface area contributed by atoms with Crippen molar-refractivity contribution in [3.63, 3.8) is 0 Å². The van der Waals surface area contributed by atoms with Crippen LogP contribution in [0.1, 0.15) is 13.3 Å². The van der Waals surface area contributed by atoms with Crippen LogP contribution in [0.2, 0.25) is 0 Å². The average molecular weight is 328 g/mol. The first kappa shape index (κ1) is 13.8. The summed E-state index contributed by atoms with van der Waals surface area (Å²) < 4.78 is 0.814. The smallest absolute Gasteiger partial charge is 0.323 e. The number of aliphatic carboxylic acids is 1. The van der Waals surface area contributed by atoms with Crippen LogP contribution in [0.5, 0.6) is 0 Å². The van der Waals surface area contributed by atoms with Crippen molar-refractivity contribution in [1.29, 1.82) is 0 Å². The van der Waals surface area contributed by atoms with E-state index < -0.39 is 11.4 Å². The van der Waals surface area contributed by atoms with Gasteiger partial charge < -0.3 is 10.0 Å². The number of likely N-dealkylation sites (tertiary alicyclic amines) is 1. The normalized spacial score (nSPS) is 22.3. The van der Waals surface area contributed by atoms with Crippen molar-refractivity contribution < 1.29 is 14.7 Å². The molecule has 0 spiro atoms. The van der Waals surface area contributed by atoms with E-state index >= 15 is 0 Å². The molecule has 19 heavy (non-hydrogen) atoms. The van der Waals surface area contributed by atoms with Gasteiger partial charge in [-0.2, -0.15) is 0 Å². The van der Waals surface area contributed by atoms with Crippen LogP contribution in [0.3, 0.4) is 0 Å². The van der Waals surface area contributed by atoms with E-state index in [2.05, 4.69) is 26.2 Å². The number of hydrogen-bond acceptors (Lipinski definition) is 3. The number of amides is 2. The number of urea groups is 1. The Kier molecular flexibility index (Phi) is 3.75. The van der Waals surface area contributed by atoms with E-state index in [4.69, 9.17) is 5.11 Å². The summed E-state index contributed by atoms with van der Waals surface area (Å²) in [6.07, 6.45) is 2.03. The summed E-state index contributed by atoms with van der Waals surface area (Å²) in [6.45, 7) is 2.30. The summed E-state index contributed by atoms with van der Waals surface area (Å²) in [4.78, 5) is 28.6. The lowest BCUT2D eigenvalue weighted by atomic mass is 9.90. The number of rotatable bonds is 2. The molecule has 102 valence electrons. The van der Waals surface area contributed by atoms with E-state index in [1.165, 1.54) is 4.90 Å². The fraction of sp³-hybridized carbons (Fsp3) is 0.417. The molecule has 0 bridgehead atoms. The van der Waals surface area contributed by atoms with Gasteiger partial charge in [0.05, 0.1) is 5.41 Å². The van der Waals surface area contributed by atoms with Crippen LogP contribution in [0, 0.1) is 5.41 Å². The predicted molar refractivity (Wildman–Crippen MR) is 72.9 cm³/mol. The van der Waals surface area contributed by atoms with Crippen molar-refractivity contribution in [2.45, 2.75) is 13.3 Å². The molecule has 0 aliphatic carbocycles. The van der Waals surface area contributed by atoms with Gasteiger partial charge in [-0.1, -0.05) is 15.9 Å². The van der Waals surface area contributed by atoms with E-state index in [9.17, 15) is 9.59 Å². The number of nitrogens with one attached hydrogen (secondary N) is 1. The molecule has 6 nitrogen and oxygen atoms in total. The third-order valence-corrected chi connectivity index (χ3v) is 3.73. The Bertz CT molecular complexity index is 523. The molecule has 1 aromatic heterocycles. The minimum absolute atomic E-state index is 0.210. The molecule has 1 fully saturated rings. The van der Waals surface area contributed by atoms with Crippen molar-refractivity contribution in [2.24, 2.45) is 5.41 Å². The number of halogens is 1. The minimum atomic E-state index is -0.872. The van der Waals surface area contributed by atoms with Gasteiger partial charge in [0.1, 0.15) is 5.82 Å². The molecular formula is C12H14BrN3O3. The topological polar surface area (TPSA) is 82.5 Å². The van der Waals surface area contributed by atoms with Crippen LogP contribution in [0.25, 0.3) is 0 Å². The number of anilines is 1. The molecule has 0 aromatic carbocycles. The summed E-state index contributed by atoms with van der Waals surface area (Å²) in [7, 11) is 0. The number of carbonyl (C=O) groups is 2. The number of aromatic nitrogens is 1. The number of carboxylic acid groups (broad SMARTS) is 1. The average Bonchev–Trinajstić information content (AvgIpc) is 2.73. The van der Waals surface area contributed by atoms with E-state index in [1.54, 1.807) is 25.3 Å². The quantitative estimate of drug-likeness (QED) is 0.872. The monoisotopic (exact) mass is 327 g/mol. The van der Waals surface area contributed by atoms with Crippen LogP contribution in [-0.2, 0) is 4.79 Å². The molecule has 2 amide bonds. The van der Waals surface area contributed by atoms with Gasteiger partial charge in [-0.15, -0.1) is 0 Å². The highest BCUT2D eigenvalue weighted by molar-refractivity contribution is 9.10. The Hall–Kier alpha value is -1.63. The maximum Gasteiger partial charge on any atom is 0.323 e. The van der Waals surface area contributed by atoms with Gasteiger partial charge >= 0.3 is 12.0 Å². The largest absolute Gasteiger partial charge is 0.481 e. The summed E-state index contributed by atoms with van der Waals surface area (Å²) in [5.74, 6) is -0.438. The van der Waals surface area contributed by atoms with E-state index in [0.29, 0.717) is 18.8 Å². The molecule has 0 radical (unpaired) electrons. The lowest BCUT2D eigenvalue weighted by molar-refractivity contribution is -0.146. The number of carbonyl (C=O) groups excluding carboxylic acids is 1. The summed E-state index contributed by atoms with van der Waals surface area (Å²) in [5, 5.41) is 11.8. The molecule has 1 atom stereocenters. The maximum absolute atomic E-state index is 12.0. The van der Waals surface area contributed by atoms with Crippen LogP contribution in [0.4, 0.5) is 10.6 Å². The number of hydrogen-bond donors (Lipinski definition) is 2. The van der Waals surface area contributed by atoms with Crippen LogP contribution >= 0.6 is 15.9 Å². The van der Waals surface area contributed by atoms with Gasteiger partial charge in [-0.25, -0.2) is 9.78 Å². The van der Waals surface area contributed by atoms with Gasteiger partial charge in [0, 0.05) is 23.8 Å². The Morgan fingerprint density at radius 1 is 1.58 bits per heavy atom. The van der Waals surface area contributed by atoms with Gasteiger partial charge in [-0.05, 0) is 25.5 Å². The molecule has 1 saturated heterocycles. The Morgan fingerprint density at radius 3 is 2.89 bits per heavy atom. The summed E-state index contributed by atoms with van der Waals surface area (Å²) >= 11 is 3.29. The first-order chi connectivity index (χ1) is 8.90. The minimum Gasteiger partial charge on any atom is -0.481 e. The molecule has 2 rings (SSSR count). The van der Waals surface area contributed by atoms with Gasteiger partial charge in [-0.3, -0.25) is 10.1 Å². The van der Waals surface area contributed by atoms with Crippen molar-refractivity contribution in [1.82, 2.24) is 9.88 Å². The van der Waals surface area contributed by atoms with Crippen molar-refractivity contribution >= 4 is 33.7 Å². The van der Waals surface area contributed by atoms with Crippen molar-refractivity contribution in [2.75, 3.05) is 18.4 Å². The van der Waals surface area contributed by atoms with Gasteiger partial charge in [0.15, 0.2) is 0 Å². The molecule has 7 heteroatoms. The zero-order valence-corrected chi connectivity index (χ0v) is 12.0. The lowest BCUT2D eigenvalue weighted by Gasteiger charge is -2.20. The number of nitrogens with zero attached hydrogens (tertiary/aromatic N) is 2. The second kappa shape index (κ2) is 5.16. The molecule has 1 unspecified atom stereocenters. The Morgan fingerprint density at radius 2 is 2.32 bits per heavy atom. The molecule has 0 saturated carbocycles. The highest BCUT2D eigenvalue weighted by Gasteiger charge is 2.42. The second-order valence-electron chi connectivity index (χ2n) is 4.83. The SMILES string of the molecule is CC1(C(=O)O)CCN(C(=O)Nc2cc(Br)ccn2)C1. The summed E-state index contributed by atoms with van der Waals surface area (Å²) in [5.41, 5.74) is -0.859. The van der Waals surface area contributed by atoms with Crippen molar-refractivity contribution in [3.8, 4) is 0 Å². The molecular weight excluding hydrogens is 314 g/mol. The molecule has 1 aliphatic heterocycles. The Labute approximate surface area is 118 Å². The summed E-state index contributed by atoms with van der Waals surface area (Å²) in [6, 6.07) is 3.12. The van der Waals surface area contributed by atoms with E-state index in [0.717, 1.165) is 4.47 Å². The van der Waals surface area contributed by atoms with Crippen LogP contribution in [0.15, 0.2) is 22.8 Å². The highest BCUT2D eigenvalue weighted by Crippen LogP contribution is 2.30. The number of carboxylic acids is 1. The van der Waals surface area contributed by atoms with E-state index in [-0.39, 0.29) is 12.6 Å². The highest BCUT2D eigenvalue weighted by atomic mass is 79.9. The molecule has 1 aliphatic rings. The third kappa shape index (κ3) is 3.04. The predicted octanol–water partition coefficient (Wildman–Crippen LogP) is 2.17. The first-order valence-electron chi connectivity index (χ1n) is 5.82. The standard InChI is InChI=1S/C12H14BrN3O3/c1-12(10(17)18)3-5-16(7-12)11(19)15-9-6-8(13)2-4-14-9/h2,4,6H,3,5,7H2,1H3,(H,17,18)(H,14,15,19). The number of pyridine rings is 1. The zero-order valence-electron chi connectivity index (χ0n) is 10.4. The van der Waals surface area contributed by atoms with Crippen molar-refractivity contribution in [3.05, 3.63) is 22.8 Å². The third-order valence-electron chi connectivity index (χ3n) is 3.23. The lowest BCUT2D eigenvalue weighted by Crippen LogP contribution is -2.37. The van der Waals surface area contributed by atoms with E-state index in [1.807, 2.05) is 0 Å². The molecule has 1 aromatic rings. The molecule has 2 heterocycles. The second-order valence-corrected chi connectivity index (χ2v) is 5.74. The van der Waals surface area contributed by atoms with Gasteiger partial charge in [0.2, 0.25) is 0 Å². The zero-order chi connectivity index (χ0) is 14.0. The fourth-order valence-electron chi connectivity index (χ4n) is 1.97. The van der Waals surface area contributed by atoms with Crippen LogP contribution in [-0.4, -0.2) is 40.1 Å². The maximum atomic E-state index is 12.0. The molecule has 2 N–H and O–H groups in total. The van der Waals surface area contributed by atoms with Crippen LogP contribution < -0.4 is 5.32 Å². The van der Waals surface area contributed by atoms with Gasteiger partial charge in [0.25, 0.3) is 0 Å². The fourth-order valence-corrected chi connectivity index (χ4v) is 2.31.